The number of nitrogens with one attached hydrogen (secondary N) is 2. The molecule has 130 valence electrons. The van der Waals surface area contributed by atoms with Crippen LogP contribution in [0.15, 0.2) is 28.8 Å². The Morgan fingerprint density at radius 3 is 2.83 bits per heavy atom. The molecule has 1 aromatic carbocycles. The van der Waals surface area contributed by atoms with Gasteiger partial charge < -0.3 is 19.9 Å². The Morgan fingerprint density at radius 2 is 2.17 bits per heavy atom. The zero-order valence-electron chi connectivity index (χ0n) is 13.0. The van der Waals surface area contributed by atoms with Gasteiger partial charge in [0.2, 0.25) is 0 Å². The van der Waals surface area contributed by atoms with Crippen molar-refractivity contribution < 1.29 is 14.1 Å². The number of nitrogens with zero attached hydrogens (tertiary/aromatic N) is 2. The third-order valence-electron chi connectivity index (χ3n) is 3.50. The largest absolute Gasteiger partial charge is 0.366 e. The van der Waals surface area contributed by atoms with Crippen LogP contribution in [-0.2, 0) is 9.53 Å². The van der Waals surface area contributed by atoms with Gasteiger partial charge in [0.05, 0.1) is 12.6 Å². The molecule has 24 heavy (non-hydrogen) atoms. The topological polar surface area (TPSA) is 89.3 Å². The van der Waals surface area contributed by atoms with E-state index in [-0.39, 0.29) is 24.4 Å². The number of halogens is 2. The van der Waals surface area contributed by atoms with E-state index in [1.807, 2.05) is 0 Å². The number of benzene rings is 1. The minimum absolute atomic E-state index is 0. The van der Waals surface area contributed by atoms with Crippen molar-refractivity contribution >= 4 is 29.9 Å². The first-order valence-corrected chi connectivity index (χ1v) is 7.73. The molecule has 2 atom stereocenters. The van der Waals surface area contributed by atoms with Gasteiger partial charge in [0.15, 0.2) is 5.82 Å². The summed E-state index contributed by atoms with van der Waals surface area (Å²) >= 11 is 5.85. The van der Waals surface area contributed by atoms with Gasteiger partial charge in [0.25, 0.3) is 11.8 Å². The van der Waals surface area contributed by atoms with Crippen LogP contribution in [0.25, 0.3) is 11.5 Å². The van der Waals surface area contributed by atoms with Crippen molar-refractivity contribution in [1.29, 1.82) is 0 Å². The third-order valence-corrected chi connectivity index (χ3v) is 3.75. The highest BCUT2D eigenvalue weighted by Gasteiger charge is 2.25. The van der Waals surface area contributed by atoms with Crippen molar-refractivity contribution in [2.75, 3.05) is 19.7 Å². The predicted molar refractivity (Wildman–Crippen MR) is 91.2 cm³/mol. The van der Waals surface area contributed by atoms with E-state index in [1.165, 1.54) is 0 Å². The maximum Gasteiger partial charge on any atom is 0.257 e. The average molecular weight is 373 g/mol. The van der Waals surface area contributed by atoms with Crippen LogP contribution in [0.3, 0.4) is 0 Å². The maximum atomic E-state index is 12.1. The molecule has 7 nitrogen and oxygen atoms in total. The summed E-state index contributed by atoms with van der Waals surface area (Å²) in [6, 6.07) is 6.71. The van der Waals surface area contributed by atoms with Crippen molar-refractivity contribution in [2.24, 2.45) is 0 Å². The lowest BCUT2D eigenvalue weighted by Crippen LogP contribution is -2.48. The first-order chi connectivity index (χ1) is 11.1. The normalized spacial score (nSPS) is 18.5. The molecule has 1 fully saturated rings. The zero-order valence-corrected chi connectivity index (χ0v) is 14.6. The Balaban J connectivity index is 0.00000208. The second kappa shape index (κ2) is 8.43. The Labute approximate surface area is 150 Å². The molecule has 1 amide bonds. The van der Waals surface area contributed by atoms with Crippen LogP contribution >= 0.6 is 24.0 Å². The fraction of sp³-hybridized carbons (Fsp3) is 0.400. The molecule has 2 aromatic rings. The molecule has 1 aromatic heterocycles. The van der Waals surface area contributed by atoms with Gasteiger partial charge in [-0.3, -0.25) is 4.79 Å². The molecule has 9 heteroatoms. The van der Waals surface area contributed by atoms with Crippen LogP contribution in [-0.4, -0.2) is 41.8 Å². The molecule has 3 rings (SSSR count). The molecule has 0 spiro atoms. The minimum atomic E-state index is -0.492. The molecule has 2 unspecified atom stereocenters. The molecule has 0 bridgehead atoms. The monoisotopic (exact) mass is 372 g/mol. The fourth-order valence-corrected chi connectivity index (χ4v) is 2.35. The Bertz CT molecular complexity index is 672. The van der Waals surface area contributed by atoms with Crippen molar-refractivity contribution in [2.45, 2.75) is 19.1 Å². The van der Waals surface area contributed by atoms with Crippen molar-refractivity contribution in [3.8, 4) is 11.5 Å². The number of aromatic nitrogens is 2. The van der Waals surface area contributed by atoms with Crippen molar-refractivity contribution in [3.05, 3.63) is 35.1 Å². The predicted octanol–water partition coefficient (Wildman–Crippen LogP) is 1.98. The summed E-state index contributed by atoms with van der Waals surface area (Å²) in [6.07, 6.45) is -0.492. The molecule has 1 aliphatic rings. The van der Waals surface area contributed by atoms with E-state index in [1.54, 1.807) is 31.2 Å². The van der Waals surface area contributed by atoms with Gasteiger partial charge in [0, 0.05) is 23.7 Å². The standard InChI is InChI=1S/C15H17ClN4O3.ClH/c1-9(18-14(21)12-8-17-6-7-22-12)13-19-15(23-20-13)10-2-4-11(16)5-3-10;/h2-5,9,12,17H,6-8H2,1H3,(H,18,21);1H. The lowest BCUT2D eigenvalue weighted by molar-refractivity contribution is -0.134. The lowest BCUT2D eigenvalue weighted by atomic mass is 10.2. The molecule has 2 heterocycles. The Morgan fingerprint density at radius 1 is 1.42 bits per heavy atom. The lowest BCUT2D eigenvalue weighted by Gasteiger charge is -2.23. The molecular weight excluding hydrogens is 355 g/mol. The Hall–Kier alpha value is -1.67. The van der Waals surface area contributed by atoms with Crippen molar-refractivity contribution in [3.63, 3.8) is 0 Å². The summed E-state index contributed by atoms with van der Waals surface area (Å²) in [7, 11) is 0. The molecular formula is C15H18Cl2N4O3. The SMILES string of the molecule is CC(NC(=O)C1CNCCO1)c1noc(-c2ccc(Cl)cc2)n1.Cl. The van der Waals surface area contributed by atoms with Crippen molar-refractivity contribution in [1.82, 2.24) is 20.8 Å². The van der Waals surface area contributed by atoms with Crippen LogP contribution in [0.2, 0.25) is 5.02 Å². The van der Waals surface area contributed by atoms with Gasteiger partial charge in [-0.05, 0) is 31.2 Å². The van der Waals surface area contributed by atoms with Gasteiger partial charge in [0.1, 0.15) is 6.10 Å². The van der Waals surface area contributed by atoms with Gasteiger partial charge in [-0.15, -0.1) is 12.4 Å². The number of rotatable bonds is 4. The van der Waals surface area contributed by atoms with Crippen LogP contribution in [0, 0.1) is 0 Å². The highest BCUT2D eigenvalue weighted by Crippen LogP contribution is 2.21. The highest BCUT2D eigenvalue weighted by molar-refractivity contribution is 6.30. The summed E-state index contributed by atoms with van der Waals surface area (Å²) in [5.74, 6) is 0.600. The number of hydrogen-bond donors (Lipinski definition) is 2. The van der Waals surface area contributed by atoms with E-state index in [0.717, 1.165) is 12.1 Å². The fourth-order valence-electron chi connectivity index (χ4n) is 2.23. The molecule has 1 saturated heterocycles. The van der Waals surface area contributed by atoms with Gasteiger partial charge in [-0.1, -0.05) is 16.8 Å². The van der Waals surface area contributed by atoms with E-state index >= 15 is 0 Å². The zero-order chi connectivity index (χ0) is 16.2. The van der Waals surface area contributed by atoms with Gasteiger partial charge in [-0.25, -0.2) is 0 Å². The van der Waals surface area contributed by atoms with Crippen LogP contribution in [0.5, 0.6) is 0 Å². The maximum absolute atomic E-state index is 12.1. The van der Waals surface area contributed by atoms with Crippen LogP contribution < -0.4 is 10.6 Å². The number of carbonyl (C=O) groups is 1. The molecule has 0 radical (unpaired) electrons. The van der Waals surface area contributed by atoms with Gasteiger partial charge >= 0.3 is 0 Å². The quantitative estimate of drug-likeness (QED) is 0.852. The molecule has 1 aliphatic heterocycles. The molecule has 0 aliphatic carbocycles. The molecule has 0 saturated carbocycles. The highest BCUT2D eigenvalue weighted by atomic mass is 35.5. The second-order valence-electron chi connectivity index (χ2n) is 5.26. The number of amides is 1. The third kappa shape index (κ3) is 4.45. The Kier molecular flexibility index (Phi) is 6.56. The van der Waals surface area contributed by atoms with E-state index in [0.29, 0.717) is 29.9 Å². The number of morpholine rings is 1. The number of hydrogen-bond acceptors (Lipinski definition) is 6. The van der Waals surface area contributed by atoms with E-state index in [2.05, 4.69) is 20.8 Å². The first kappa shape index (κ1) is 18.7. The number of ether oxygens (including phenoxy) is 1. The smallest absolute Gasteiger partial charge is 0.257 e. The van der Waals surface area contributed by atoms with Gasteiger partial charge in [-0.2, -0.15) is 4.98 Å². The van der Waals surface area contributed by atoms with Crippen LogP contribution in [0.1, 0.15) is 18.8 Å². The van der Waals surface area contributed by atoms with Crippen LogP contribution in [0.4, 0.5) is 0 Å². The van der Waals surface area contributed by atoms with E-state index < -0.39 is 6.10 Å². The number of carbonyl (C=O) groups excluding carboxylic acids is 1. The average Bonchev–Trinajstić information content (AvgIpc) is 3.06. The summed E-state index contributed by atoms with van der Waals surface area (Å²) in [5, 5.41) is 10.5. The minimum Gasteiger partial charge on any atom is -0.366 e. The summed E-state index contributed by atoms with van der Waals surface area (Å²) in [5.41, 5.74) is 0.770. The summed E-state index contributed by atoms with van der Waals surface area (Å²) < 4.78 is 10.7. The first-order valence-electron chi connectivity index (χ1n) is 7.36. The second-order valence-corrected chi connectivity index (χ2v) is 5.69. The molecule has 2 N–H and O–H groups in total. The summed E-state index contributed by atoms with van der Waals surface area (Å²) in [6.45, 7) is 3.58. The summed E-state index contributed by atoms with van der Waals surface area (Å²) in [4.78, 5) is 16.4. The van der Waals surface area contributed by atoms with E-state index in [9.17, 15) is 4.79 Å². The van der Waals surface area contributed by atoms with E-state index in [4.69, 9.17) is 20.9 Å².